The molecule has 126 valence electrons. The molecule has 1 aliphatic carbocycles. The summed E-state index contributed by atoms with van der Waals surface area (Å²) in [7, 11) is 0. The highest BCUT2D eigenvalue weighted by atomic mass is 79.9. The average molecular weight is 395 g/mol. The van der Waals surface area contributed by atoms with Crippen LogP contribution < -0.4 is 0 Å². The Labute approximate surface area is 139 Å². The quantitative estimate of drug-likeness (QED) is 0.519. The number of halogens is 5. The number of hydrogen-bond donors (Lipinski definition) is 0. The lowest BCUT2D eigenvalue weighted by Crippen LogP contribution is -2.11. The van der Waals surface area contributed by atoms with E-state index in [1.54, 1.807) is 38.1 Å². The Bertz CT molecular complexity index is 637. The summed E-state index contributed by atoms with van der Waals surface area (Å²) in [4.78, 5) is 12.1. The molecule has 0 amide bonds. The Kier molecular flexibility index (Phi) is 4.89. The van der Waals surface area contributed by atoms with Gasteiger partial charge in [-0.25, -0.2) is 4.39 Å². The van der Waals surface area contributed by atoms with E-state index in [9.17, 15) is 22.4 Å². The van der Waals surface area contributed by atoms with Gasteiger partial charge >= 0.3 is 12.1 Å². The van der Waals surface area contributed by atoms with E-state index in [0.717, 1.165) is 10.0 Å². The number of alkyl halides is 3. The van der Waals surface area contributed by atoms with Gasteiger partial charge in [-0.05, 0) is 23.5 Å². The fourth-order valence-corrected chi connectivity index (χ4v) is 2.94. The van der Waals surface area contributed by atoms with E-state index in [2.05, 4.69) is 15.9 Å². The minimum atomic E-state index is -5.03. The first-order valence-electron chi connectivity index (χ1n) is 6.89. The zero-order valence-electron chi connectivity index (χ0n) is 12.5. The second-order valence-corrected chi connectivity index (χ2v) is 6.89. The van der Waals surface area contributed by atoms with Crippen LogP contribution in [0.4, 0.5) is 17.6 Å². The highest BCUT2D eigenvalue weighted by Gasteiger charge is 2.62. The fourth-order valence-electron chi connectivity index (χ4n) is 2.55. The van der Waals surface area contributed by atoms with Crippen molar-refractivity contribution >= 4 is 21.9 Å². The first-order chi connectivity index (χ1) is 10.5. The molecule has 0 aliphatic heterocycles. The normalized spacial score (nSPS) is 23.5. The molecule has 1 aromatic carbocycles. The van der Waals surface area contributed by atoms with E-state index in [1.807, 2.05) is 0 Å². The molecule has 0 spiro atoms. The van der Waals surface area contributed by atoms with E-state index < -0.39 is 35.2 Å². The van der Waals surface area contributed by atoms with Crippen LogP contribution in [0.1, 0.15) is 19.4 Å². The van der Waals surface area contributed by atoms with Gasteiger partial charge in [-0.3, -0.25) is 4.79 Å². The maximum atomic E-state index is 13.1. The molecular weight excluding hydrogens is 380 g/mol. The predicted molar refractivity (Wildman–Crippen MR) is 79.9 cm³/mol. The van der Waals surface area contributed by atoms with Gasteiger partial charge in [0.1, 0.15) is 6.61 Å². The van der Waals surface area contributed by atoms with Crippen molar-refractivity contribution in [1.82, 2.24) is 0 Å². The van der Waals surface area contributed by atoms with Crippen LogP contribution in [0.5, 0.6) is 0 Å². The van der Waals surface area contributed by atoms with Gasteiger partial charge in [-0.2, -0.15) is 13.2 Å². The third kappa shape index (κ3) is 3.94. The Hall–Kier alpha value is -1.37. The molecule has 0 saturated heterocycles. The summed E-state index contributed by atoms with van der Waals surface area (Å²) >= 11 is 3.31. The zero-order valence-corrected chi connectivity index (χ0v) is 14.0. The van der Waals surface area contributed by atoms with Gasteiger partial charge in [0, 0.05) is 10.0 Å². The van der Waals surface area contributed by atoms with Crippen LogP contribution >= 0.6 is 15.9 Å². The molecule has 0 N–H and O–H groups in total. The second-order valence-electron chi connectivity index (χ2n) is 6.04. The molecule has 1 fully saturated rings. The standard InChI is InChI=1S/C16H15BrF4O2/c1-15(2)10(7-12(18)16(19,20)21)13(15)14(22)23-8-9-5-3-4-6-11(9)17/h3-7,10,13H,8H2,1-2H3/b12-7-/t10-,13+/m0/s1. The van der Waals surface area contributed by atoms with Crippen LogP contribution in [-0.2, 0) is 16.1 Å². The van der Waals surface area contributed by atoms with E-state index in [0.29, 0.717) is 6.08 Å². The van der Waals surface area contributed by atoms with Crippen LogP contribution in [-0.4, -0.2) is 12.1 Å². The van der Waals surface area contributed by atoms with Crippen LogP contribution in [0.3, 0.4) is 0 Å². The highest BCUT2D eigenvalue weighted by molar-refractivity contribution is 9.10. The smallest absolute Gasteiger partial charge is 0.442 e. The molecular formula is C16H15BrF4O2. The number of ether oxygens (including phenoxy) is 1. The molecule has 0 radical (unpaired) electrons. The third-order valence-electron chi connectivity index (χ3n) is 4.09. The summed E-state index contributed by atoms with van der Waals surface area (Å²) in [6.07, 6.45) is -4.55. The summed E-state index contributed by atoms with van der Waals surface area (Å²) < 4.78 is 55.8. The molecule has 2 rings (SSSR count). The van der Waals surface area contributed by atoms with Crippen molar-refractivity contribution in [2.45, 2.75) is 26.6 Å². The van der Waals surface area contributed by atoms with Crippen molar-refractivity contribution in [3.05, 3.63) is 46.2 Å². The molecule has 0 bridgehead atoms. The molecule has 1 saturated carbocycles. The van der Waals surface area contributed by atoms with E-state index in [-0.39, 0.29) is 6.61 Å². The zero-order chi connectivity index (χ0) is 17.4. The number of allylic oxidation sites excluding steroid dienone is 2. The molecule has 0 aromatic heterocycles. The van der Waals surface area contributed by atoms with Crippen molar-refractivity contribution in [1.29, 1.82) is 0 Å². The molecule has 2 atom stereocenters. The first kappa shape index (κ1) is 18.0. The SMILES string of the molecule is CC1(C)[C@@H](/C=C(\F)C(F)(F)F)[C@@H]1C(=O)OCc1ccccc1Br. The van der Waals surface area contributed by atoms with Gasteiger partial charge < -0.3 is 4.74 Å². The molecule has 0 unspecified atom stereocenters. The maximum Gasteiger partial charge on any atom is 0.442 e. The van der Waals surface area contributed by atoms with Gasteiger partial charge in [0.25, 0.3) is 0 Å². The average Bonchev–Trinajstić information content (AvgIpc) is 2.97. The Morgan fingerprint density at radius 3 is 2.52 bits per heavy atom. The van der Waals surface area contributed by atoms with Crippen molar-refractivity contribution in [2.24, 2.45) is 17.3 Å². The van der Waals surface area contributed by atoms with Crippen LogP contribution in [0.25, 0.3) is 0 Å². The lowest BCUT2D eigenvalue weighted by Gasteiger charge is -2.07. The van der Waals surface area contributed by atoms with Gasteiger partial charge in [-0.15, -0.1) is 0 Å². The Morgan fingerprint density at radius 2 is 1.96 bits per heavy atom. The molecule has 0 heterocycles. The number of hydrogen-bond acceptors (Lipinski definition) is 2. The van der Waals surface area contributed by atoms with Crippen molar-refractivity contribution in [3.63, 3.8) is 0 Å². The van der Waals surface area contributed by atoms with E-state index in [4.69, 9.17) is 4.74 Å². The molecule has 2 nitrogen and oxygen atoms in total. The Balaban J connectivity index is 2.02. The second kappa shape index (κ2) is 6.26. The number of benzene rings is 1. The monoisotopic (exact) mass is 394 g/mol. The van der Waals surface area contributed by atoms with Crippen LogP contribution in [0, 0.1) is 17.3 Å². The minimum absolute atomic E-state index is 0.00498. The fraction of sp³-hybridized carbons (Fsp3) is 0.438. The predicted octanol–water partition coefficient (Wildman–Crippen LogP) is 5.18. The summed E-state index contributed by atoms with van der Waals surface area (Å²) in [6.45, 7) is 3.23. The summed E-state index contributed by atoms with van der Waals surface area (Å²) in [6, 6.07) is 7.13. The molecule has 23 heavy (non-hydrogen) atoms. The van der Waals surface area contributed by atoms with Crippen molar-refractivity contribution in [2.75, 3.05) is 0 Å². The third-order valence-corrected chi connectivity index (χ3v) is 4.86. The number of rotatable bonds is 4. The number of esters is 1. The van der Waals surface area contributed by atoms with Gasteiger partial charge in [0.15, 0.2) is 5.83 Å². The largest absolute Gasteiger partial charge is 0.461 e. The summed E-state index contributed by atoms with van der Waals surface area (Å²) in [5, 5.41) is 0. The minimum Gasteiger partial charge on any atom is -0.461 e. The maximum absolute atomic E-state index is 13.1. The number of carbonyl (C=O) groups excluding carboxylic acids is 1. The van der Waals surface area contributed by atoms with Crippen molar-refractivity contribution < 1.29 is 27.1 Å². The Morgan fingerprint density at radius 1 is 1.35 bits per heavy atom. The summed E-state index contributed by atoms with van der Waals surface area (Å²) in [5.74, 6) is -4.40. The molecule has 1 aliphatic rings. The van der Waals surface area contributed by atoms with Gasteiger partial charge in [0.2, 0.25) is 0 Å². The molecule has 1 aromatic rings. The lowest BCUT2D eigenvalue weighted by atomic mass is 10.1. The topological polar surface area (TPSA) is 26.3 Å². The highest BCUT2D eigenvalue weighted by Crippen LogP contribution is 2.60. The lowest BCUT2D eigenvalue weighted by molar-refractivity contribution is -0.147. The first-order valence-corrected chi connectivity index (χ1v) is 7.69. The summed E-state index contributed by atoms with van der Waals surface area (Å²) in [5.41, 5.74) is -0.0130. The van der Waals surface area contributed by atoms with Crippen molar-refractivity contribution in [3.8, 4) is 0 Å². The van der Waals surface area contributed by atoms with E-state index >= 15 is 0 Å². The van der Waals surface area contributed by atoms with E-state index in [1.165, 1.54) is 0 Å². The molecule has 7 heteroatoms. The number of carbonyl (C=O) groups is 1. The van der Waals surface area contributed by atoms with Crippen LogP contribution in [0.15, 0.2) is 40.6 Å². The van der Waals surface area contributed by atoms with Gasteiger partial charge in [0.05, 0.1) is 5.92 Å². The van der Waals surface area contributed by atoms with Gasteiger partial charge in [-0.1, -0.05) is 48.0 Å². The van der Waals surface area contributed by atoms with Crippen LogP contribution in [0.2, 0.25) is 0 Å².